The topological polar surface area (TPSA) is 38.3 Å². The Hall–Kier alpha value is -1.88. The Morgan fingerprint density at radius 2 is 2.14 bits per heavy atom. The number of carbonyl (C=O) groups excluding carboxylic acids is 1. The molecule has 3 rings (SSSR count). The standard InChI is InChI=1S/C16H13BrFNO2/c1-9-6-12(17)13(18)7-14(9)19-16(20)11-8-21-15-5-3-2-4-10(11)15/h2-7,11H,8H2,1H3,(H,19,20). The van der Waals surface area contributed by atoms with E-state index in [-0.39, 0.29) is 11.8 Å². The van der Waals surface area contributed by atoms with E-state index in [1.807, 2.05) is 31.2 Å². The number of halogens is 2. The predicted octanol–water partition coefficient (Wildman–Crippen LogP) is 4.01. The summed E-state index contributed by atoms with van der Waals surface area (Å²) in [5.74, 6) is -0.229. The number of fused-ring (bicyclic) bond motifs is 1. The highest BCUT2D eigenvalue weighted by Gasteiger charge is 2.30. The lowest BCUT2D eigenvalue weighted by molar-refractivity contribution is -0.117. The fourth-order valence-corrected chi connectivity index (χ4v) is 2.84. The van der Waals surface area contributed by atoms with Crippen molar-refractivity contribution < 1.29 is 13.9 Å². The molecule has 2 aromatic carbocycles. The highest BCUT2D eigenvalue weighted by Crippen LogP contribution is 2.34. The summed E-state index contributed by atoms with van der Waals surface area (Å²) in [4.78, 5) is 12.4. The molecule has 0 bridgehead atoms. The second kappa shape index (κ2) is 5.48. The van der Waals surface area contributed by atoms with Crippen molar-refractivity contribution >= 4 is 27.5 Å². The molecule has 2 aromatic rings. The number of ether oxygens (including phenoxy) is 1. The van der Waals surface area contributed by atoms with Gasteiger partial charge in [0.05, 0.1) is 4.47 Å². The number of anilines is 1. The van der Waals surface area contributed by atoms with Crippen LogP contribution in [-0.2, 0) is 4.79 Å². The van der Waals surface area contributed by atoms with Gasteiger partial charge in [-0.1, -0.05) is 18.2 Å². The first kappa shape index (κ1) is 14.1. The molecule has 3 nitrogen and oxygen atoms in total. The zero-order valence-electron chi connectivity index (χ0n) is 11.3. The van der Waals surface area contributed by atoms with Crippen LogP contribution in [-0.4, -0.2) is 12.5 Å². The highest BCUT2D eigenvalue weighted by molar-refractivity contribution is 9.10. The van der Waals surface area contributed by atoms with Crippen LogP contribution in [0.15, 0.2) is 40.9 Å². The zero-order valence-corrected chi connectivity index (χ0v) is 12.9. The molecule has 5 heteroatoms. The lowest BCUT2D eigenvalue weighted by atomic mass is 10.0. The third-order valence-electron chi connectivity index (χ3n) is 3.54. The summed E-state index contributed by atoms with van der Waals surface area (Å²) in [5, 5.41) is 2.78. The molecule has 0 spiro atoms. The van der Waals surface area contributed by atoms with E-state index in [2.05, 4.69) is 21.2 Å². The van der Waals surface area contributed by atoms with Crippen LogP contribution >= 0.6 is 15.9 Å². The molecule has 1 aliphatic heterocycles. The number of rotatable bonds is 2. The van der Waals surface area contributed by atoms with Crippen molar-refractivity contribution in [2.24, 2.45) is 0 Å². The minimum Gasteiger partial charge on any atom is -0.492 e. The zero-order chi connectivity index (χ0) is 15.0. The highest BCUT2D eigenvalue weighted by atomic mass is 79.9. The van der Waals surface area contributed by atoms with Gasteiger partial charge in [0, 0.05) is 11.3 Å². The summed E-state index contributed by atoms with van der Waals surface area (Å²) in [6.45, 7) is 2.13. The lowest BCUT2D eigenvalue weighted by Crippen LogP contribution is -2.22. The maximum atomic E-state index is 13.6. The van der Waals surface area contributed by atoms with Crippen molar-refractivity contribution in [2.75, 3.05) is 11.9 Å². The van der Waals surface area contributed by atoms with Gasteiger partial charge in [-0.2, -0.15) is 0 Å². The molecule has 0 fully saturated rings. The molecule has 1 N–H and O–H groups in total. The Morgan fingerprint density at radius 3 is 2.95 bits per heavy atom. The summed E-state index contributed by atoms with van der Waals surface area (Å²) >= 11 is 3.13. The Kier molecular flexibility index (Phi) is 3.68. The molecule has 0 saturated heterocycles. The van der Waals surface area contributed by atoms with Gasteiger partial charge >= 0.3 is 0 Å². The fourth-order valence-electron chi connectivity index (χ4n) is 2.38. The Labute approximate surface area is 130 Å². The molecule has 1 atom stereocenters. The normalized spacial score (nSPS) is 16.2. The van der Waals surface area contributed by atoms with Gasteiger partial charge in [-0.3, -0.25) is 4.79 Å². The van der Waals surface area contributed by atoms with Crippen molar-refractivity contribution in [1.82, 2.24) is 0 Å². The van der Waals surface area contributed by atoms with Gasteiger partial charge in [0.1, 0.15) is 24.1 Å². The second-order valence-corrected chi connectivity index (χ2v) is 5.83. The maximum absolute atomic E-state index is 13.6. The van der Waals surface area contributed by atoms with Crippen molar-refractivity contribution in [3.63, 3.8) is 0 Å². The van der Waals surface area contributed by atoms with E-state index in [0.717, 1.165) is 16.9 Å². The van der Waals surface area contributed by atoms with Crippen LogP contribution in [0.2, 0.25) is 0 Å². The number of aryl methyl sites for hydroxylation is 1. The van der Waals surface area contributed by atoms with Crippen molar-refractivity contribution in [3.05, 3.63) is 57.8 Å². The number of amides is 1. The first-order chi connectivity index (χ1) is 10.1. The number of hydrogen-bond donors (Lipinski definition) is 1. The number of carbonyl (C=O) groups is 1. The van der Waals surface area contributed by atoms with Gasteiger partial charge in [0.25, 0.3) is 0 Å². The first-order valence-electron chi connectivity index (χ1n) is 6.54. The largest absolute Gasteiger partial charge is 0.492 e. The van der Waals surface area contributed by atoms with Crippen LogP contribution in [0.1, 0.15) is 17.0 Å². The third-order valence-corrected chi connectivity index (χ3v) is 4.15. The third kappa shape index (κ3) is 2.65. The van der Waals surface area contributed by atoms with Gasteiger partial charge in [0.2, 0.25) is 5.91 Å². The summed E-state index contributed by atoms with van der Waals surface area (Å²) in [6.07, 6.45) is 0. The summed E-state index contributed by atoms with van der Waals surface area (Å²) < 4.78 is 19.5. The van der Waals surface area contributed by atoms with Crippen molar-refractivity contribution in [1.29, 1.82) is 0 Å². The lowest BCUT2D eigenvalue weighted by Gasteiger charge is -2.13. The van der Waals surface area contributed by atoms with E-state index >= 15 is 0 Å². The van der Waals surface area contributed by atoms with E-state index in [1.165, 1.54) is 6.07 Å². The molecule has 1 aliphatic rings. The van der Waals surface area contributed by atoms with Gasteiger partial charge in [-0.05, 0) is 46.6 Å². The summed E-state index contributed by atoms with van der Waals surface area (Å²) in [7, 11) is 0. The molecule has 0 aliphatic carbocycles. The monoisotopic (exact) mass is 349 g/mol. The molecule has 21 heavy (non-hydrogen) atoms. The number of benzene rings is 2. The maximum Gasteiger partial charge on any atom is 0.235 e. The van der Waals surface area contributed by atoms with Gasteiger partial charge in [-0.15, -0.1) is 0 Å². The molecule has 1 amide bonds. The Balaban J connectivity index is 1.84. The predicted molar refractivity (Wildman–Crippen MR) is 82.1 cm³/mol. The Bertz CT molecular complexity index is 717. The minimum atomic E-state index is -0.404. The smallest absolute Gasteiger partial charge is 0.235 e. The van der Waals surface area contributed by atoms with Gasteiger partial charge in [0.15, 0.2) is 0 Å². The summed E-state index contributed by atoms with van der Waals surface area (Å²) in [6, 6.07) is 10.4. The second-order valence-electron chi connectivity index (χ2n) is 4.97. The van der Waals surface area contributed by atoms with Crippen LogP contribution in [0.4, 0.5) is 10.1 Å². The first-order valence-corrected chi connectivity index (χ1v) is 7.34. The minimum absolute atomic E-state index is 0.190. The quantitative estimate of drug-likeness (QED) is 0.889. The van der Waals surface area contributed by atoms with Crippen LogP contribution in [0, 0.1) is 12.7 Å². The molecule has 0 aromatic heterocycles. The molecule has 108 valence electrons. The Morgan fingerprint density at radius 1 is 1.38 bits per heavy atom. The molecule has 0 saturated carbocycles. The molecule has 1 heterocycles. The van der Waals surface area contributed by atoms with Crippen LogP contribution in [0.3, 0.4) is 0 Å². The molecule has 1 unspecified atom stereocenters. The number of nitrogens with one attached hydrogen (secondary N) is 1. The number of hydrogen-bond acceptors (Lipinski definition) is 2. The average Bonchev–Trinajstić information content (AvgIpc) is 2.88. The molecular weight excluding hydrogens is 337 g/mol. The van der Waals surface area contributed by atoms with Crippen LogP contribution in [0.5, 0.6) is 5.75 Å². The van der Waals surface area contributed by atoms with Gasteiger partial charge in [-0.25, -0.2) is 4.39 Å². The van der Waals surface area contributed by atoms with Crippen LogP contribution < -0.4 is 10.1 Å². The van der Waals surface area contributed by atoms with Gasteiger partial charge < -0.3 is 10.1 Å². The van der Waals surface area contributed by atoms with Crippen molar-refractivity contribution in [3.8, 4) is 5.75 Å². The molecule has 0 radical (unpaired) electrons. The molecular formula is C16H13BrFNO2. The average molecular weight is 350 g/mol. The fraction of sp³-hybridized carbons (Fsp3) is 0.188. The number of para-hydroxylation sites is 1. The van der Waals surface area contributed by atoms with E-state index in [0.29, 0.717) is 16.8 Å². The van der Waals surface area contributed by atoms with E-state index < -0.39 is 5.82 Å². The van der Waals surface area contributed by atoms with E-state index in [1.54, 1.807) is 6.07 Å². The van der Waals surface area contributed by atoms with E-state index in [4.69, 9.17) is 4.74 Å². The van der Waals surface area contributed by atoms with Crippen molar-refractivity contribution in [2.45, 2.75) is 12.8 Å². The summed E-state index contributed by atoms with van der Waals surface area (Å²) in [5.41, 5.74) is 2.14. The van der Waals surface area contributed by atoms with Crippen LogP contribution in [0.25, 0.3) is 0 Å². The SMILES string of the molecule is Cc1cc(Br)c(F)cc1NC(=O)C1COc2ccccc21. The van der Waals surface area contributed by atoms with E-state index in [9.17, 15) is 9.18 Å².